The maximum Gasteiger partial charge on any atom is 0.410 e. The zero-order chi connectivity index (χ0) is 18.1. The third-order valence-corrected chi connectivity index (χ3v) is 7.70. The predicted octanol–water partition coefficient (Wildman–Crippen LogP) is 2.11. The van der Waals surface area contributed by atoms with E-state index in [1.807, 2.05) is 0 Å². The molecule has 3 aliphatic heterocycles. The van der Waals surface area contributed by atoms with Crippen LogP contribution in [0.15, 0.2) is 17.3 Å². The van der Waals surface area contributed by atoms with Crippen LogP contribution < -0.4 is 5.32 Å². The fraction of sp³-hybridized carbons (Fsp3) is 0.812. The summed E-state index contributed by atoms with van der Waals surface area (Å²) in [4.78, 5) is 4.94. The predicted molar refractivity (Wildman–Crippen MR) is 90.1 cm³/mol. The first-order chi connectivity index (χ1) is 11.8. The Balaban J connectivity index is 1.91. The first-order valence-corrected chi connectivity index (χ1v) is 10.4. The first kappa shape index (κ1) is 18.8. The molecule has 0 aromatic rings. The normalized spacial score (nSPS) is 34.5. The largest absolute Gasteiger partial charge is 0.410 e. The molecule has 25 heavy (non-hydrogen) atoms. The van der Waals surface area contributed by atoms with Gasteiger partial charge in [-0.05, 0) is 50.8 Å². The molecule has 3 rings (SSSR count). The van der Waals surface area contributed by atoms with Crippen LogP contribution in [0.4, 0.5) is 13.2 Å². The van der Waals surface area contributed by atoms with Crippen molar-refractivity contribution < 1.29 is 21.6 Å². The molecule has 0 bridgehead atoms. The second-order valence-corrected chi connectivity index (χ2v) is 9.31. The lowest BCUT2D eigenvalue weighted by Crippen LogP contribution is -2.64. The summed E-state index contributed by atoms with van der Waals surface area (Å²) in [6.45, 7) is 1.51. The second-order valence-electron chi connectivity index (χ2n) is 7.11. The Morgan fingerprint density at radius 1 is 1.28 bits per heavy atom. The van der Waals surface area contributed by atoms with Gasteiger partial charge in [0.1, 0.15) is 10.9 Å². The standard InChI is InChI=1S/C16H24F3N3O2S/c17-16(18,19)15(5-8-20-9-6-15)22-10-2-1-3-14(22)25(23,24)12-13-4-7-21-11-13/h5,8-9,13-14,21H,1-4,6-7,10-12H2. The number of hydrogen-bond donors (Lipinski definition) is 1. The van der Waals surface area contributed by atoms with Crippen molar-refractivity contribution in [1.29, 1.82) is 0 Å². The quantitative estimate of drug-likeness (QED) is 0.813. The third-order valence-electron chi connectivity index (χ3n) is 5.44. The van der Waals surface area contributed by atoms with Crippen LogP contribution in [0.1, 0.15) is 32.1 Å². The van der Waals surface area contributed by atoms with Gasteiger partial charge in [0.2, 0.25) is 0 Å². The lowest BCUT2D eigenvalue weighted by atomic mass is 9.89. The Kier molecular flexibility index (Phi) is 5.28. The van der Waals surface area contributed by atoms with E-state index < -0.39 is 26.9 Å². The monoisotopic (exact) mass is 379 g/mol. The number of halogens is 3. The number of hydrogen-bond acceptors (Lipinski definition) is 5. The zero-order valence-electron chi connectivity index (χ0n) is 14.0. The number of sulfone groups is 1. The summed E-state index contributed by atoms with van der Waals surface area (Å²) >= 11 is 0. The molecule has 5 nitrogen and oxygen atoms in total. The van der Waals surface area contributed by atoms with Crippen LogP contribution in [0.5, 0.6) is 0 Å². The molecule has 0 aromatic heterocycles. The van der Waals surface area contributed by atoms with Gasteiger partial charge in [0.25, 0.3) is 0 Å². The second kappa shape index (κ2) is 7.00. The van der Waals surface area contributed by atoms with Crippen molar-refractivity contribution in [2.75, 3.05) is 25.4 Å². The molecule has 0 amide bonds. The van der Waals surface area contributed by atoms with Gasteiger partial charge in [-0.25, -0.2) is 8.42 Å². The van der Waals surface area contributed by atoms with Crippen molar-refractivity contribution in [3.05, 3.63) is 12.3 Å². The van der Waals surface area contributed by atoms with Crippen molar-refractivity contribution in [2.45, 2.75) is 49.2 Å². The molecule has 3 unspecified atom stereocenters. The number of nitrogens with one attached hydrogen (secondary N) is 1. The first-order valence-electron chi connectivity index (χ1n) is 8.71. The molecule has 0 aliphatic carbocycles. The molecule has 0 radical (unpaired) electrons. The average molecular weight is 379 g/mol. The number of alkyl halides is 3. The minimum atomic E-state index is -4.56. The summed E-state index contributed by atoms with van der Waals surface area (Å²) in [6.07, 6.45) is 0.698. The Labute approximate surface area is 146 Å². The minimum Gasteiger partial charge on any atom is -0.316 e. The molecule has 0 aromatic carbocycles. The van der Waals surface area contributed by atoms with Crippen molar-refractivity contribution >= 4 is 16.1 Å². The Bertz CT molecular complexity index is 642. The summed E-state index contributed by atoms with van der Waals surface area (Å²) < 4.78 is 67.9. The maximum absolute atomic E-state index is 14.0. The highest BCUT2D eigenvalue weighted by molar-refractivity contribution is 7.91. The van der Waals surface area contributed by atoms with E-state index in [4.69, 9.17) is 0 Å². The smallest absolute Gasteiger partial charge is 0.316 e. The van der Waals surface area contributed by atoms with Crippen LogP contribution in [0, 0.1) is 5.92 Å². The molecule has 2 saturated heterocycles. The zero-order valence-corrected chi connectivity index (χ0v) is 14.8. The van der Waals surface area contributed by atoms with Crippen LogP contribution in [-0.2, 0) is 9.84 Å². The van der Waals surface area contributed by atoms with Crippen molar-refractivity contribution in [3.63, 3.8) is 0 Å². The van der Waals surface area contributed by atoms with Crippen LogP contribution in [0.25, 0.3) is 0 Å². The molecule has 2 fully saturated rings. The number of nitrogens with zero attached hydrogens (tertiary/aromatic N) is 2. The van der Waals surface area contributed by atoms with Crippen LogP contribution in [-0.4, -0.2) is 62.0 Å². The number of piperidine rings is 1. The van der Waals surface area contributed by atoms with Gasteiger partial charge in [0.05, 0.1) is 5.75 Å². The fourth-order valence-electron chi connectivity index (χ4n) is 4.10. The summed E-state index contributed by atoms with van der Waals surface area (Å²) in [5.74, 6) is -0.0634. The highest BCUT2D eigenvalue weighted by Gasteiger charge is 2.60. The van der Waals surface area contributed by atoms with Gasteiger partial charge in [-0.2, -0.15) is 13.2 Å². The highest BCUT2D eigenvalue weighted by atomic mass is 32.2. The fourth-order valence-corrected chi connectivity index (χ4v) is 6.47. The van der Waals surface area contributed by atoms with Gasteiger partial charge in [-0.1, -0.05) is 0 Å². The molecular formula is C16H24F3N3O2S. The molecule has 0 spiro atoms. The van der Waals surface area contributed by atoms with Crippen molar-refractivity contribution in [2.24, 2.45) is 10.9 Å². The van der Waals surface area contributed by atoms with Crippen molar-refractivity contribution in [3.8, 4) is 0 Å². The van der Waals surface area contributed by atoms with E-state index in [1.54, 1.807) is 0 Å². The van der Waals surface area contributed by atoms with E-state index in [0.29, 0.717) is 19.4 Å². The molecular weight excluding hydrogens is 355 g/mol. The Hall–Kier alpha value is -0.930. The van der Waals surface area contributed by atoms with E-state index in [-0.39, 0.29) is 31.1 Å². The SMILES string of the molecule is O=S(=O)(CC1CCNC1)C1CCCCN1C1(C(F)(F)F)C=CN=CC1. The lowest BCUT2D eigenvalue weighted by Gasteiger charge is -2.48. The van der Waals surface area contributed by atoms with Gasteiger partial charge in [0, 0.05) is 25.4 Å². The molecule has 9 heteroatoms. The maximum atomic E-state index is 14.0. The lowest BCUT2D eigenvalue weighted by molar-refractivity contribution is -0.218. The van der Waals surface area contributed by atoms with Gasteiger partial charge in [-0.3, -0.25) is 9.89 Å². The van der Waals surface area contributed by atoms with Gasteiger partial charge < -0.3 is 5.32 Å². The summed E-state index contributed by atoms with van der Waals surface area (Å²) in [5.41, 5.74) is -2.28. The van der Waals surface area contributed by atoms with Crippen molar-refractivity contribution in [1.82, 2.24) is 10.2 Å². The molecule has 142 valence electrons. The summed E-state index contributed by atoms with van der Waals surface area (Å²) in [5, 5.41) is 2.03. The molecule has 1 N–H and O–H groups in total. The van der Waals surface area contributed by atoms with E-state index in [2.05, 4.69) is 10.3 Å². The van der Waals surface area contributed by atoms with E-state index in [0.717, 1.165) is 25.2 Å². The van der Waals surface area contributed by atoms with Crippen LogP contribution >= 0.6 is 0 Å². The van der Waals surface area contributed by atoms with E-state index in [1.165, 1.54) is 11.1 Å². The van der Waals surface area contributed by atoms with E-state index in [9.17, 15) is 21.6 Å². The molecule has 0 saturated carbocycles. The molecule has 3 heterocycles. The van der Waals surface area contributed by atoms with Gasteiger partial charge >= 0.3 is 6.18 Å². The van der Waals surface area contributed by atoms with Gasteiger partial charge in [0.15, 0.2) is 9.84 Å². The molecule has 3 aliphatic rings. The van der Waals surface area contributed by atoms with Crippen LogP contribution in [0.3, 0.4) is 0 Å². The average Bonchev–Trinajstić information content (AvgIpc) is 3.07. The minimum absolute atomic E-state index is 0.0147. The number of rotatable bonds is 4. The van der Waals surface area contributed by atoms with Crippen LogP contribution in [0.2, 0.25) is 0 Å². The number of aliphatic imine (C=N–C) groups is 1. The third kappa shape index (κ3) is 3.64. The van der Waals surface area contributed by atoms with E-state index >= 15 is 0 Å². The number of likely N-dealkylation sites (tertiary alicyclic amines) is 1. The summed E-state index contributed by atoms with van der Waals surface area (Å²) in [6, 6.07) is 0. The highest BCUT2D eigenvalue weighted by Crippen LogP contribution is 2.44. The Morgan fingerprint density at radius 2 is 2.08 bits per heavy atom. The summed E-state index contributed by atoms with van der Waals surface area (Å²) in [7, 11) is -3.66. The Morgan fingerprint density at radius 3 is 2.68 bits per heavy atom. The molecule has 3 atom stereocenters. The topological polar surface area (TPSA) is 61.8 Å². The van der Waals surface area contributed by atoms with Gasteiger partial charge in [-0.15, -0.1) is 0 Å².